The Morgan fingerprint density at radius 3 is 2.49 bits per heavy atom. The van der Waals surface area contributed by atoms with Crippen LogP contribution in [0.2, 0.25) is 0 Å². The molecule has 228 valence electrons. The lowest BCUT2D eigenvalue weighted by Crippen LogP contribution is -2.30. The van der Waals surface area contributed by atoms with Crippen LogP contribution < -0.4 is 21.8 Å². The van der Waals surface area contributed by atoms with Crippen LogP contribution in [0.4, 0.5) is 10.6 Å². The van der Waals surface area contributed by atoms with Gasteiger partial charge in [0.05, 0.1) is 29.9 Å². The van der Waals surface area contributed by atoms with E-state index < -0.39 is 28.9 Å². The summed E-state index contributed by atoms with van der Waals surface area (Å²) in [6, 6.07) is 5.77. The summed E-state index contributed by atoms with van der Waals surface area (Å²) < 4.78 is 1.67. The minimum absolute atomic E-state index is 0.170. The van der Waals surface area contributed by atoms with Crippen LogP contribution in [0, 0.1) is 11.3 Å². The maximum absolute atomic E-state index is 13.4. The number of rotatable bonds is 9. The molecule has 0 bridgehead atoms. The highest BCUT2D eigenvalue weighted by Crippen LogP contribution is 2.38. The van der Waals surface area contributed by atoms with Gasteiger partial charge < -0.3 is 25.8 Å². The third kappa shape index (κ3) is 6.61. The van der Waals surface area contributed by atoms with Gasteiger partial charge in [-0.2, -0.15) is 0 Å². The number of carboxylic acid groups (broad SMARTS) is 1. The predicted octanol–water partition coefficient (Wildman–Crippen LogP) is 5.26. The van der Waals surface area contributed by atoms with E-state index in [1.165, 1.54) is 17.5 Å². The highest BCUT2D eigenvalue weighted by atomic mass is 32.1. The van der Waals surface area contributed by atoms with Crippen molar-refractivity contribution in [3.8, 4) is 21.7 Å². The number of carbonyl (C=O) groups excluding carboxylic acids is 1. The zero-order valence-electron chi connectivity index (χ0n) is 25.1. The number of urea groups is 1. The number of fused-ring (bicyclic) bond motifs is 1. The number of aromatic carboxylic acids is 1. The Kier molecular flexibility index (Phi) is 9.33. The van der Waals surface area contributed by atoms with Crippen LogP contribution in [0.15, 0.2) is 46.8 Å². The molecule has 1 aromatic carbocycles. The molecule has 0 unspecified atom stereocenters. The molecule has 0 spiro atoms. The van der Waals surface area contributed by atoms with Crippen LogP contribution in [0.1, 0.15) is 69.7 Å². The number of anilines is 1. The van der Waals surface area contributed by atoms with Crippen molar-refractivity contribution in [2.45, 2.75) is 53.6 Å². The Hall–Kier alpha value is -4.13. The van der Waals surface area contributed by atoms with Gasteiger partial charge in [0, 0.05) is 40.8 Å². The normalized spacial score (nSPS) is 13.2. The number of thiazole rings is 1. The fraction of sp³-hybridized carbons (Fsp3) is 0.387. The maximum atomic E-state index is 13.4. The molecule has 0 aliphatic rings. The van der Waals surface area contributed by atoms with Gasteiger partial charge in [-0.05, 0) is 42.0 Å². The summed E-state index contributed by atoms with van der Waals surface area (Å²) in [5, 5.41) is 28.3. The lowest BCUT2D eigenvalue weighted by atomic mass is 9.86. The number of aromatic nitrogens is 3. The molecule has 0 aliphatic carbocycles. The van der Waals surface area contributed by atoms with Gasteiger partial charge in [0.15, 0.2) is 0 Å². The second-order valence-electron chi connectivity index (χ2n) is 11.8. The number of nitrogens with one attached hydrogen (secondary N) is 2. The van der Waals surface area contributed by atoms with Crippen molar-refractivity contribution in [1.82, 2.24) is 19.9 Å². The summed E-state index contributed by atoms with van der Waals surface area (Å²) in [5.41, 5.74) is 8.04. The van der Waals surface area contributed by atoms with Gasteiger partial charge in [0.2, 0.25) is 5.43 Å². The van der Waals surface area contributed by atoms with Gasteiger partial charge in [0.25, 0.3) is 0 Å². The first-order valence-corrected chi connectivity index (χ1v) is 14.9. The van der Waals surface area contributed by atoms with Gasteiger partial charge in [-0.15, -0.1) is 11.3 Å². The highest BCUT2D eigenvalue weighted by Gasteiger charge is 2.28. The van der Waals surface area contributed by atoms with Gasteiger partial charge >= 0.3 is 12.0 Å². The van der Waals surface area contributed by atoms with Gasteiger partial charge in [-0.1, -0.05) is 40.7 Å². The number of amides is 2. The van der Waals surface area contributed by atoms with Gasteiger partial charge in [-0.25, -0.2) is 19.6 Å². The van der Waals surface area contributed by atoms with Crippen molar-refractivity contribution < 1.29 is 19.8 Å². The maximum Gasteiger partial charge on any atom is 0.341 e. The summed E-state index contributed by atoms with van der Waals surface area (Å²) in [6.07, 6.45) is 2.90. The Labute approximate surface area is 253 Å². The Morgan fingerprint density at radius 2 is 1.88 bits per heavy atom. The molecular formula is C31H38N6O5S. The summed E-state index contributed by atoms with van der Waals surface area (Å²) in [6.45, 7) is 11.9. The number of carboxylic acids is 1. The van der Waals surface area contributed by atoms with Crippen molar-refractivity contribution in [2.75, 3.05) is 18.5 Å². The van der Waals surface area contributed by atoms with E-state index in [1.807, 2.05) is 53.0 Å². The summed E-state index contributed by atoms with van der Waals surface area (Å²) in [7, 11) is 0. The molecule has 0 saturated carbocycles. The summed E-state index contributed by atoms with van der Waals surface area (Å²) >= 11 is 1.40. The number of aliphatic hydroxyl groups excluding tert-OH is 1. The lowest BCUT2D eigenvalue weighted by Gasteiger charge is -2.32. The standard InChI is InChI=1S/C31H38N6O5S/c1-7-33-30(42)36-25-11-18(28-35-22(15-43-28)26(32)16(2)3)20(12-34-25)17-8-9-23-19(10-17)27(39)21(29(40)41)13-37(23)24(14-38)31(4,5)6/h8-13,15-16,24,26,38H,7,14,32H2,1-6H3,(H,40,41)(H2,33,34,36,42)/t24-,26+/m1/s1. The van der Waals surface area contributed by atoms with Crippen molar-refractivity contribution in [3.05, 3.63) is 63.5 Å². The molecule has 3 heterocycles. The Bertz CT molecular complexity index is 1720. The van der Waals surface area contributed by atoms with Crippen LogP contribution in [0.25, 0.3) is 32.6 Å². The van der Waals surface area contributed by atoms with E-state index in [-0.39, 0.29) is 29.5 Å². The molecule has 43 heavy (non-hydrogen) atoms. The molecule has 4 rings (SSSR count). The van der Waals surface area contributed by atoms with E-state index in [9.17, 15) is 24.6 Å². The minimum Gasteiger partial charge on any atom is -0.477 e. The summed E-state index contributed by atoms with van der Waals surface area (Å²) in [4.78, 5) is 47.0. The number of pyridine rings is 2. The number of carbonyl (C=O) groups is 2. The molecule has 6 N–H and O–H groups in total. The molecule has 12 heteroatoms. The predicted molar refractivity (Wildman–Crippen MR) is 170 cm³/mol. The van der Waals surface area contributed by atoms with Crippen LogP contribution >= 0.6 is 11.3 Å². The first kappa shape index (κ1) is 31.8. The van der Waals surface area contributed by atoms with E-state index >= 15 is 0 Å². The van der Waals surface area contributed by atoms with Crippen LogP contribution in [0.5, 0.6) is 0 Å². The number of hydrogen-bond acceptors (Lipinski definition) is 8. The van der Waals surface area contributed by atoms with Gasteiger partial charge in [-0.3, -0.25) is 10.1 Å². The minimum atomic E-state index is -1.35. The molecule has 3 aromatic heterocycles. The lowest BCUT2D eigenvalue weighted by molar-refractivity contribution is 0.0692. The number of benzene rings is 1. The van der Waals surface area contributed by atoms with Gasteiger partial charge in [0.1, 0.15) is 16.4 Å². The van der Waals surface area contributed by atoms with E-state index in [4.69, 9.17) is 10.7 Å². The Balaban J connectivity index is 1.96. The molecule has 2 amide bonds. The molecule has 0 radical (unpaired) electrons. The van der Waals surface area contributed by atoms with E-state index in [2.05, 4.69) is 15.6 Å². The third-order valence-electron chi connectivity index (χ3n) is 7.38. The first-order valence-electron chi connectivity index (χ1n) is 14.1. The van der Waals surface area contributed by atoms with Crippen molar-refractivity contribution in [1.29, 1.82) is 0 Å². The molecule has 4 aromatic rings. The van der Waals surface area contributed by atoms with E-state index in [1.54, 1.807) is 29.0 Å². The molecular weight excluding hydrogens is 568 g/mol. The second kappa shape index (κ2) is 12.6. The Morgan fingerprint density at radius 1 is 1.16 bits per heavy atom. The van der Waals surface area contributed by atoms with Crippen molar-refractivity contribution in [2.24, 2.45) is 17.1 Å². The monoisotopic (exact) mass is 606 g/mol. The first-order chi connectivity index (χ1) is 20.3. The fourth-order valence-corrected chi connectivity index (χ4v) is 5.76. The van der Waals surface area contributed by atoms with Crippen LogP contribution in [-0.2, 0) is 0 Å². The van der Waals surface area contributed by atoms with Crippen LogP contribution in [0.3, 0.4) is 0 Å². The quantitative estimate of drug-likeness (QED) is 0.172. The number of aliphatic hydroxyl groups is 1. The zero-order chi connectivity index (χ0) is 31.6. The largest absolute Gasteiger partial charge is 0.477 e. The molecule has 11 nitrogen and oxygen atoms in total. The smallest absolute Gasteiger partial charge is 0.341 e. The van der Waals surface area contributed by atoms with Crippen LogP contribution in [-0.4, -0.2) is 49.9 Å². The highest BCUT2D eigenvalue weighted by molar-refractivity contribution is 7.13. The van der Waals surface area contributed by atoms with Crippen molar-refractivity contribution >= 4 is 40.1 Å². The average molecular weight is 607 g/mol. The number of nitrogens with two attached hydrogens (primary N) is 1. The SMILES string of the molecule is CCNC(=O)Nc1cc(-c2nc([C@@H](N)C(C)C)cs2)c(-c2ccc3c(c2)c(=O)c(C(=O)O)cn3[C@H](CO)C(C)(C)C)cn1. The fourth-order valence-electron chi connectivity index (χ4n) is 4.87. The van der Waals surface area contributed by atoms with E-state index in [0.29, 0.717) is 39.6 Å². The third-order valence-corrected chi connectivity index (χ3v) is 8.27. The summed E-state index contributed by atoms with van der Waals surface area (Å²) in [5.74, 6) is -0.873. The zero-order valence-corrected chi connectivity index (χ0v) is 26.0. The van der Waals surface area contributed by atoms with E-state index in [0.717, 1.165) is 5.69 Å². The molecule has 2 atom stereocenters. The molecule has 0 saturated heterocycles. The topological polar surface area (TPSA) is 172 Å². The van der Waals surface area contributed by atoms with Crippen molar-refractivity contribution in [3.63, 3.8) is 0 Å². The molecule has 0 fully saturated rings. The second-order valence-corrected chi connectivity index (χ2v) is 12.7. The number of nitrogens with zero attached hydrogens (tertiary/aromatic N) is 3. The average Bonchev–Trinajstić information content (AvgIpc) is 3.43. The molecule has 0 aliphatic heterocycles. The number of hydrogen-bond donors (Lipinski definition) is 5.